The van der Waals surface area contributed by atoms with Crippen LogP contribution in [0.5, 0.6) is 17.2 Å². The maximum atomic E-state index is 12.7. The quantitative estimate of drug-likeness (QED) is 0.341. The van der Waals surface area contributed by atoms with Crippen LogP contribution in [-0.4, -0.2) is 46.3 Å². The number of methoxy groups -OCH3 is 4. The molecule has 0 aliphatic heterocycles. The molecule has 0 bridgehead atoms. The van der Waals surface area contributed by atoms with Crippen molar-refractivity contribution in [2.75, 3.05) is 28.4 Å². The molecule has 0 fully saturated rings. The minimum Gasteiger partial charge on any atom is -0.496 e. The first-order chi connectivity index (χ1) is 14.9. The summed E-state index contributed by atoms with van der Waals surface area (Å²) in [6.07, 6.45) is 3.49. The van der Waals surface area contributed by atoms with Gasteiger partial charge < -0.3 is 23.7 Å². The summed E-state index contributed by atoms with van der Waals surface area (Å²) < 4.78 is 25.3. The summed E-state index contributed by atoms with van der Waals surface area (Å²) in [5.41, 5.74) is 1.70. The first-order valence-electron chi connectivity index (χ1n) is 9.31. The first-order valence-corrected chi connectivity index (χ1v) is 9.31. The molecule has 0 aliphatic rings. The smallest absolute Gasteiger partial charge is 0.347 e. The Kier molecular flexibility index (Phi) is 8.63. The lowest BCUT2D eigenvalue weighted by Crippen LogP contribution is -2.11. The molecule has 2 rings (SSSR count). The van der Waals surface area contributed by atoms with Crippen molar-refractivity contribution in [2.45, 2.75) is 12.8 Å². The molecular formula is C23H24O8. The van der Waals surface area contributed by atoms with Crippen molar-refractivity contribution in [1.82, 2.24) is 0 Å². The third-order valence-electron chi connectivity index (χ3n) is 4.33. The van der Waals surface area contributed by atoms with Crippen molar-refractivity contribution in [2.24, 2.45) is 0 Å². The normalized spacial score (nSPS) is 10.5. The molecule has 0 saturated heterocycles. The van der Waals surface area contributed by atoms with Crippen LogP contribution in [-0.2, 0) is 25.5 Å². The molecule has 0 saturated carbocycles. The third-order valence-corrected chi connectivity index (χ3v) is 4.33. The second-order valence-electron chi connectivity index (χ2n) is 6.27. The van der Waals surface area contributed by atoms with Gasteiger partial charge in [0.2, 0.25) is 0 Å². The number of ether oxygens (including phenoxy) is 5. The Bertz CT molecular complexity index is 978. The summed E-state index contributed by atoms with van der Waals surface area (Å²) in [6, 6.07) is 9.82. The Balaban J connectivity index is 2.19. The Morgan fingerprint density at radius 1 is 0.839 bits per heavy atom. The van der Waals surface area contributed by atoms with Crippen LogP contribution in [0.25, 0.3) is 6.08 Å². The van der Waals surface area contributed by atoms with Gasteiger partial charge in [-0.25, -0.2) is 9.59 Å². The minimum absolute atomic E-state index is 0.208. The highest BCUT2D eigenvalue weighted by Crippen LogP contribution is 2.31. The predicted octanol–water partition coefficient (Wildman–Crippen LogP) is 3.21. The average Bonchev–Trinajstić information content (AvgIpc) is 2.80. The van der Waals surface area contributed by atoms with Gasteiger partial charge >= 0.3 is 17.9 Å². The van der Waals surface area contributed by atoms with Gasteiger partial charge in [0.05, 0.1) is 28.4 Å². The topological polar surface area (TPSA) is 97.4 Å². The largest absolute Gasteiger partial charge is 0.496 e. The van der Waals surface area contributed by atoms with E-state index in [1.807, 2.05) is 0 Å². The van der Waals surface area contributed by atoms with E-state index in [9.17, 15) is 14.4 Å². The molecule has 0 atom stereocenters. The Morgan fingerprint density at radius 3 is 2.23 bits per heavy atom. The van der Waals surface area contributed by atoms with Gasteiger partial charge in [0, 0.05) is 12.5 Å². The molecule has 0 unspecified atom stereocenters. The lowest BCUT2D eigenvalue weighted by atomic mass is 10.1. The SMILES string of the molecule is COC(=O)/C=C/c1ccc(OC(=O)c2ccc(CCC(=O)OC)cc2OC)c(OC)c1. The number of benzene rings is 2. The van der Waals surface area contributed by atoms with E-state index in [2.05, 4.69) is 9.47 Å². The minimum atomic E-state index is -0.632. The number of esters is 3. The van der Waals surface area contributed by atoms with Crippen LogP contribution >= 0.6 is 0 Å². The molecule has 0 amide bonds. The number of carbonyl (C=O) groups excluding carboxylic acids is 3. The zero-order valence-electron chi connectivity index (χ0n) is 17.8. The molecule has 0 aromatic heterocycles. The maximum Gasteiger partial charge on any atom is 0.347 e. The summed E-state index contributed by atoms with van der Waals surface area (Å²) in [4.78, 5) is 35.3. The number of hydrogen-bond donors (Lipinski definition) is 0. The first kappa shape index (κ1) is 23.5. The van der Waals surface area contributed by atoms with Crippen molar-refractivity contribution < 1.29 is 38.1 Å². The molecule has 0 aliphatic carbocycles. The molecule has 8 heteroatoms. The van der Waals surface area contributed by atoms with Gasteiger partial charge in [-0.05, 0) is 47.9 Å². The van der Waals surface area contributed by atoms with E-state index in [-0.39, 0.29) is 23.7 Å². The summed E-state index contributed by atoms with van der Waals surface area (Å²) in [7, 11) is 5.50. The number of hydrogen-bond acceptors (Lipinski definition) is 8. The van der Waals surface area contributed by atoms with Crippen molar-refractivity contribution in [3.63, 3.8) is 0 Å². The summed E-state index contributed by atoms with van der Waals surface area (Å²) in [5, 5.41) is 0. The highest BCUT2D eigenvalue weighted by atomic mass is 16.6. The highest BCUT2D eigenvalue weighted by molar-refractivity contribution is 5.94. The molecule has 0 heterocycles. The van der Waals surface area contributed by atoms with Crippen molar-refractivity contribution in [3.05, 3.63) is 59.2 Å². The van der Waals surface area contributed by atoms with Crippen molar-refractivity contribution in [3.8, 4) is 17.2 Å². The zero-order chi connectivity index (χ0) is 22.8. The van der Waals surface area contributed by atoms with Crippen LogP contribution in [0.2, 0.25) is 0 Å². The van der Waals surface area contributed by atoms with Gasteiger partial charge in [0.25, 0.3) is 0 Å². The summed E-state index contributed by atoms with van der Waals surface area (Å²) in [5.74, 6) is -0.596. The molecule has 164 valence electrons. The van der Waals surface area contributed by atoms with E-state index in [1.54, 1.807) is 42.5 Å². The monoisotopic (exact) mass is 428 g/mol. The second-order valence-corrected chi connectivity index (χ2v) is 6.27. The fourth-order valence-corrected chi connectivity index (χ4v) is 2.67. The van der Waals surface area contributed by atoms with Crippen LogP contribution in [0.4, 0.5) is 0 Å². The summed E-state index contributed by atoms with van der Waals surface area (Å²) in [6.45, 7) is 0. The average molecular weight is 428 g/mol. The maximum absolute atomic E-state index is 12.7. The second kappa shape index (κ2) is 11.4. The molecule has 0 N–H and O–H groups in total. The lowest BCUT2D eigenvalue weighted by Gasteiger charge is -2.13. The predicted molar refractivity (Wildman–Crippen MR) is 112 cm³/mol. The lowest BCUT2D eigenvalue weighted by molar-refractivity contribution is -0.140. The standard InChI is InChI=1S/C23H24O8/c1-27-19-13-15(7-11-21(24)29-3)5-9-17(19)23(26)31-18-10-6-16(14-20(18)28-2)8-12-22(25)30-4/h5-6,8-10,12-14H,7,11H2,1-4H3/b12-8+. The molecular weight excluding hydrogens is 404 g/mol. The van der Waals surface area contributed by atoms with Crippen LogP contribution < -0.4 is 14.2 Å². The number of carbonyl (C=O) groups is 3. The van der Waals surface area contributed by atoms with E-state index in [1.165, 1.54) is 34.5 Å². The Morgan fingerprint density at radius 2 is 1.58 bits per heavy atom. The molecule has 0 radical (unpaired) electrons. The van der Waals surface area contributed by atoms with E-state index in [4.69, 9.17) is 14.2 Å². The molecule has 0 spiro atoms. The van der Waals surface area contributed by atoms with Gasteiger partial charge in [0.1, 0.15) is 11.3 Å². The van der Waals surface area contributed by atoms with E-state index in [0.29, 0.717) is 23.5 Å². The van der Waals surface area contributed by atoms with Gasteiger partial charge in [-0.15, -0.1) is 0 Å². The van der Waals surface area contributed by atoms with Gasteiger partial charge in [-0.2, -0.15) is 0 Å². The van der Waals surface area contributed by atoms with E-state index < -0.39 is 11.9 Å². The molecule has 8 nitrogen and oxygen atoms in total. The summed E-state index contributed by atoms with van der Waals surface area (Å²) >= 11 is 0. The molecule has 31 heavy (non-hydrogen) atoms. The number of rotatable bonds is 9. The van der Waals surface area contributed by atoms with Gasteiger partial charge in [-0.3, -0.25) is 4.79 Å². The number of aryl methyl sites for hydroxylation is 1. The zero-order valence-corrected chi connectivity index (χ0v) is 17.8. The fourth-order valence-electron chi connectivity index (χ4n) is 2.67. The Labute approximate surface area is 180 Å². The molecule has 2 aromatic carbocycles. The van der Waals surface area contributed by atoms with Crippen LogP contribution in [0.1, 0.15) is 27.9 Å². The van der Waals surface area contributed by atoms with E-state index in [0.717, 1.165) is 5.56 Å². The van der Waals surface area contributed by atoms with Crippen molar-refractivity contribution in [1.29, 1.82) is 0 Å². The van der Waals surface area contributed by atoms with Crippen LogP contribution in [0, 0.1) is 0 Å². The fraction of sp³-hybridized carbons (Fsp3) is 0.261. The van der Waals surface area contributed by atoms with Crippen LogP contribution in [0.3, 0.4) is 0 Å². The van der Waals surface area contributed by atoms with E-state index >= 15 is 0 Å². The third kappa shape index (κ3) is 6.60. The molecule has 2 aromatic rings. The Hall–Kier alpha value is -3.81. The van der Waals surface area contributed by atoms with Crippen molar-refractivity contribution >= 4 is 24.0 Å². The highest BCUT2D eigenvalue weighted by Gasteiger charge is 2.18. The van der Waals surface area contributed by atoms with Gasteiger partial charge in [-0.1, -0.05) is 12.1 Å². The van der Waals surface area contributed by atoms with Crippen LogP contribution in [0.15, 0.2) is 42.5 Å². The van der Waals surface area contributed by atoms with Gasteiger partial charge in [0.15, 0.2) is 11.5 Å².